The van der Waals surface area contributed by atoms with E-state index in [-0.39, 0.29) is 37.7 Å². The fourth-order valence-electron chi connectivity index (χ4n) is 7.30. The minimum absolute atomic E-state index is 0.0289. The Morgan fingerprint density at radius 2 is 1.16 bits per heavy atom. The van der Waals surface area contributed by atoms with Gasteiger partial charge in [-0.05, 0) is 52.7 Å². The summed E-state index contributed by atoms with van der Waals surface area (Å²) in [5.41, 5.74) is 3.25. The summed E-state index contributed by atoms with van der Waals surface area (Å²) in [6, 6.07) is 47.1. The molecule has 11 nitrogen and oxygen atoms in total. The van der Waals surface area contributed by atoms with Crippen molar-refractivity contribution in [3.63, 3.8) is 0 Å². The molecule has 0 radical (unpaired) electrons. The molecule has 1 heterocycles. The van der Waals surface area contributed by atoms with Gasteiger partial charge in [-0.1, -0.05) is 177 Å². The molecule has 0 bridgehead atoms. The van der Waals surface area contributed by atoms with E-state index in [9.17, 15) is 19.2 Å². The molecule has 0 spiro atoms. The lowest BCUT2D eigenvalue weighted by Crippen LogP contribution is -2.55. The minimum Gasteiger partial charge on any atom is -0.445 e. The van der Waals surface area contributed by atoms with Crippen molar-refractivity contribution in [1.29, 1.82) is 0 Å². The van der Waals surface area contributed by atoms with E-state index in [1.807, 2.05) is 166 Å². The van der Waals surface area contributed by atoms with Gasteiger partial charge in [-0.15, -0.1) is 0 Å². The van der Waals surface area contributed by atoms with Gasteiger partial charge in [0.05, 0.1) is 6.20 Å². The molecule has 5 aromatic carbocycles. The highest BCUT2D eigenvalue weighted by Gasteiger charge is 2.38. The van der Waals surface area contributed by atoms with Gasteiger partial charge in [0.1, 0.15) is 24.2 Å². The second-order valence-electron chi connectivity index (χ2n) is 15.5. The number of hydrogen-bond donors (Lipinski definition) is 4. The molecule has 0 saturated heterocycles. The van der Waals surface area contributed by atoms with E-state index in [4.69, 9.17) is 9.26 Å². The van der Waals surface area contributed by atoms with Crippen LogP contribution in [0, 0.1) is 5.92 Å². The first-order valence-electron chi connectivity index (χ1n) is 20.9. The highest BCUT2D eigenvalue weighted by atomic mass is 16.5. The van der Waals surface area contributed by atoms with Crippen molar-refractivity contribution >= 4 is 29.9 Å². The number of alkyl carbamates (subject to hydrolysis) is 1. The van der Waals surface area contributed by atoms with Crippen molar-refractivity contribution in [1.82, 2.24) is 26.4 Å². The summed E-state index contributed by atoms with van der Waals surface area (Å²) in [5.74, 6) is -0.760. The summed E-state index contributed by atoms with van der Waals surface area (Å²) in [6.45, 7) is 3.92. The lowest BCUT2D eigenvalue weighted by molar-refractivity contribution is -0.130. The zero-order valence-electron chi connectivity index (χ0n) is 35.0. The van der Waals surface area contributed by atoms with E-state index in [0.717, 1.165) is 27.8 Å². The summed E-state index contributed by atoms with van der Waals surface area (Å²) in [4.78, 5) is 55.7. The predicted molar refractivity (Wildman–Crippen MR) is 239 cm³/mol. The molecule has 318 valence electrons. The average Bonchev–Trinajstić information content (AvgIpc) is 3.83. The third-order valence-electron chi connectivity index (χ3n) is 10.4. The van der Waals surface area contributed by atoms with Crippen LogP contribution in [0.1, 0.15) is 66.7 Å². The number of amides is 4. The van der Waals surface area contributed by atoms with Crippen LogP contribution in [-0.2, 0) is 37.7 Å². The van der Waals surface area contributed by atoms with Crippen LogP contribution in [0.25, 0.3) is 6.08 Å². The average molecular weight is 832 g/mol. The maximum atomic E-state index is 14.4. The Balaban J connectivity index is 1.22. The molecule has 6 rings (SSSR count). The zero-order chi connectivity index (χ0) is 43.6. The molecule has 6 aromatic rings. The van der Waals surface area contributed by atoms with E-state index >= 15 is 0 Å². The van der Waals surface area contributed by atoms with Crippen molar-refractivity contribution in [3.05, 3.63) is 204 Å². The Morgan fingerprint density at radius 1 is 0.645 bits per heavy atom. The number of carbonyl (C=O) groups is 4. The molecule has 1 aromatic heterocycles. The molecule has 11 heteroatoms. The summed E-state index contributed by atoms with van der Waals surface area (Å²) in [6.07, 6.45) is 4.91. The number of nitrogens with zero attached hydrogens (tertiary/aromatic N) is 1. The Kier molecular flexibility index (Phi) is 16.0. The van der Waals surface area contributed by atoms with Gasteiger partial charge >= 0.3 is 6.09 Å². The van der Waals surface area contributed by atoms with Gasteiger partial charge in [-0.25, -0.2) is 4.79 Å². The Hall–Kier alpha value is -7.27. The Morgan fingerprint density at radius 3 is 1.68 bits per heavy atom. The van der Waals surface area contributed by atoms with E-state index < -0.39 is 41.6 Å². The van der Waals surface area contributed by atoms with Gasteiger partial charge in [0.25, 0.3) is 0 Å². The first kappa shape index (κ1) is 44.3. The topological polar surface area (TPSA) is 152 Å². The van der Waals surface area contributed by atoms with Crippen LogP contribution < -0.4 is 21.3 Å². The van der Waals surface area contributed by atoms with Gasteiger partial charge in [0.2, 0.25) is 17.7 Å². The number of hydrogen-bond acceptors (Lipinski definition) is 7. The smallest absolute Gasteiger partial charge is 0.408 e. The number of carbonyl (C=O) groups excluding carboxylic acids is 4. The predicted octanol–water partition coefficient (Wildman–Crippen LogP) is 8.13. The summed E-state index contributed by atoms with van der Waals surface area (Å²) in [7, 11) is 0. The number of ether oxygens (including phenoxy) is 1. The maximum Gasteiger partial charge on any atom is 0.408 e. The van der Waals surface area contributed by atoms with Crippen LogP contribution in [0.15, 0.2) is 175 Å². The molecule has 0 fully saturated rings. The lowest BCUT2D eigenvalue weighted by Gasteiger charge is -2.37. The molecular formula is C51H53N5O6. The van der Waals surface area contributed by atoms with E-state index in [2.05, 4.69) is 26.4 Å². The molecule has 62 heavy (non-hydrogen) atoms. The number of aromatic nitrogens is 1. The standard InChI is InChI=1S/C51H53N5O6/c1-37(2)34-45(55-50(60)61-36-39-20-10-4-11-21-39)49(59)54-46(35-38-18-8-3-9-19-38)48(58)53-43(28-30-44-32-33-52-62-44)29-31-47(57)56-51(40-22-12-5-13-23-40,41-24-14-6-15-25-41)42-26-16-7-17-27-42/h3-28,30,32-33,37,43,45-46H,29,31,34-36H2,1-2H3,(H,53,58)(H,54,59)(H,55,60)(H,56,57)/b30-28+/t43-,45+,46+/m1/s1. The van der Waals surface area contributed by atoms with Crippen LogP contribution in [0.5, 0.6) is 0 Å². The van der Waals surface area contributed by atoms with Gasteiger partial charge in [-0.3, -0.25) is 14.4 Å². The Labute approximate surface area is 363 Å². The maximum absolute atomic E-state index is 14.4. The fraction of sp³-hybridized carbons (Fsp3) is 0.235. The number of rotatable bonds is 20. The molecule has 4 amide bonds. The molecule has 0 saturated carbocycles. The Bertz CT molecular complexity index is 2230. The monoisotopic (exact) mass is 831 g/mol. The van der Waals surface area contributed by atoms with Crippen LogP contribution in [0.2, 0.25) is 0 Å². The third-order valence-corrected chi connectivity index (χ3v) is 10.4. The van der Waals surface area contributed by atoms with Crippen LogP contribution in [-0.4, -0.2) is 47.1 Å². The van der Waals surface area contributed by atoms with Crippen LogP contribution >= 0.6 is 0 Å². The molecule has 0 aliphatic rings. The SMILES string of the molecule is CC(C)C[C@H](NC(=O)OCc1ccccc1)C(=O)N[C@@H](Cc1ccccc1)C(=O)N[C@H](/C=C/c1ccno1)CCC(=O)NC(c1ccccc1)(c1ccccc1)c1ccccc1. The number of nitrogens with one attached hydrogen (secondary N) is 4. The quantitative estimate of drug-likeness (QED) is 0.0568. The van der Waals surface area contributed by atoms with Gasteiger partial charge < -0.3 is 30.5 Å². The van der Waals surface area contributed by atoms with Gasteiger partial charge in [-0.2, -0.15) is 0 Å². The minimum atomic E-state index is -1.04. The third kappa shape index (κ3) is 12.6. The summed E-state index contributed by atoms with van der Waals surface area (Å²) < 4.78 is 10.7. The molecule has 0 aliphatic carbocycles. The molecule has 3 atom stereocenters. The van der Waals surface area contributed by atoms with Crippen molar-refractivity contribution < 1.29 is 28.4 Å². The molecular weight excluding hydrogens is 779 g/mol. The first-order chi connectivity index (χ1) is 30.2. The molecule has 0 aliphatic heterocycles. The molecule has 4 N–H and O–H groups in total. The zero-order valence-corrected chi connectivity index (χ0v) is 35.0. The first-order valence-corrected chi connectivity index (χ1v) is 20.9. The highest BCUT2D eigenvalue weighted by molar-refractivity contribution is 5.91. The van der Waals surface area contributed by atoms with Crippen molar-refractivity contribution in [3.8, 4) is 0 Å². The van der Waals surface area contributed by atoms with Crippen molar-refractivity contribution in [2.24, 2.45) is 5.92 Å². The highest BCUT2D eigenvalue weighted by Crippen LogP contribution is 2.37. The molecule has 0 unspecified atom stereocenters. The van der Waals surface area contributed by atoms with E-state index in [0.29, 0.717) is 12.2 Å². The normalized spacial score (nSPS) is 12.8. The van der Waals surface area contributed by atoms with Gasteiger partial charge in [0.15, 0.2) is 5.76 Å². The van der Waals surface area contributed by atoms with Crippen molar-refractivity contribution in [2.75, 3.05) is 0 Å². The second kappa shape index (κ2) is 22.4. The fourth-order valence-corrected chi connectivity index (χ4v) is 7.30. The van der Waals surface area contributed by atoms with Crippen molar-refractivity contribution in [2.45, 2.75) is 69.8 Å². The number of benzene rings is 5. The van der Waals surface area contributed by atoms with Gasteiger partial charge in [0, 0.05) is 24.9 Å². The summed E-state index contributed by atoms with van der Waals surface area (Å²) >= 11 is 0. The summed E-state index contributed by atoms with van der Waals surface area (Å²) in [5, 5.41) is 15.9. The second-order valence-corrected chi connectivity index (χ2v) is 15.5. The van der Waals surface area contributed by atoms with Crippen LogP contribution in [0.4, 0.5) is 4.79 Å². The largest absolute Gasteiger partial charge is 0.445 e. The van der Waals surface area contributed by atoms with E-state index in [1.54, 1.807) is 18.2 Å². The van der Waals surface area contributed by atoms with Crippen LogP contribution in [0.3, 0.4) is 0 Å². The lowest BCUT2D eigenvalue weighted by atomic mass is 9.77. The van der Waals surface area contributed by atoms with E-state index in [1.165, 1.54) is 6.20 Å².